The van der Waals surface area contributed by atoms with E-state index in [4.69, 9.17) is 9.84 Å². The van der Waals surface area contributed by atoms with Crippen LogP contribution in [0, 0.1) is 5.92 Å². The highest BCUT2D eigenvalue weighted by Gasteiger charge is 2.12. The van der Waals surface area contributed by atoms with Crippen molar-refractivity contribution in [2.75, 3.05) is 20.3 Å². The number of nitrogens with one attached hydrogen (secondary N) is 2. The van der Waals surface area contributed by atoms with Crippen molar-refractivity contribution in [3.63, 3.8) is 0 Å². The summed E-state index contributed by atoms with van der Waals surface area (Å²) >= 11 is 0. The molecule has 0 spiro atoms. The van der Waals surface area contributed by atoms with E-state index in [1.54, 1.807) is 14.0 Å². The summed E-state index contributed by atoms with van der Waals surface area (Å²) in [5, 5.41) is 14.3. The molecule has 0 bridgehead atoms. The molecule has 0 aromatic carbocycles. The number of rotatable bonds is 10. The number of carboxylic acid groups (broad SMARTS) is 1. The van der Waals surface area contributed by atoms with Crippen molar-refractivity contribution in [1.29, 1.82) is 0 Å². The Balaban J connectivity index is 3.75. The number of amides is 2. The Bertz CT molecular complexity index is 265. The molecule has 0 aliphatic carbocycles. The van der Waals surface area contributed by atoms with Crippen LogP contribution in [0.15, 0.2) is 0 Å². The number of ether oxygens (including phenoxy) is 1. The maximum absolute atomic E-state index is 11.6. The number of aliphatic carboxylic acids is 1. The third-order valence-corrected chi connectivity index (χ3v) is 2.86. The highest BCUT2D eigenvalue weighted by Crippen LogP contribution is 2.04. The van der Waals surface area contributed by atoms with Gasteiger partial charge < -0.3 is 20.5 Å². The lowest BCUT2D eigenvalue weighted by atomic mass is 10.1. The standard InChI is InChI=1S/C13H26N2O4/c1-4-6-11(9-19-3)15-13(18)14-8-5-7-10(2)12(16)17/h10-11H,4-9H2,1-3H3,(H,16,17)(H2,14,15,18). The van der Waals surface area contributed by atoms with E-state index >= 15 is 0 Å². The first-order valence-corrected chi connectivity index (χ1v) is 6.77. The summed E-state index contributed by atoms with van der Waals surface area (Å²) in [5.74, 6) is -1.17. The van der Waals surface area contributed by atoms with Crippen LogP contribution in [-0.4, -0.2) is 43.4 Å². The molecule has 2 atom stereocenters. The molecule has 0 rings (SSSR count). The Kier molecular flexibility index (Phi) is 9.88. The van der Waals surface area contributed by atoms with Crippen molar-refractivity contribution in [3.8, 4) is 0 Å². The van der Waals surface area contributed by atoms with Crippen molar-refractivity contribution in [1.82, 2.24) is 10.6 Å². The van der Waals surface area contributed by atoms with Gasteiger partial charge in [0, 0.05) is 13.7 Å². The number of carbonyl (C=O) groups is 2. The summed E-state index contributed by atoms with van der Waals surface area (Å²) in [7, 11) is 1.61. The second-order valence-electron chi connectivity index (χ2n) is 4.72. The number of urea groups is 1. The zero-order valence-electron chi connectivity index (χ0n) is 12.1. The van der Waals surface area contributed by atoms with Gasteiger partial charge in [-0.3, -0.25) is 4.79 Å². The van der Waals surface area contributed by atoms with E-state index in [2.05, 4.69) is 17.6 Å². The predicted molar refractivity (Wildman–Crippen MR) is 73.1 cm³/mol. The van der Waals surface area contributed by atoms with Gasteiger partial charge in [-0.05, 0) is 19.3 Å². The number of hydrogen-bond donors (Lipinski definition) is 3. The molecule has 19 heavy (non-hydrogen) atoms. The van der Waals surface area contributed by atoms with Crippen molar-refractivity contribution >= 4 is 12.0 Å². The molecule has 2 amide bonds. The number of carbonyl (C=O) groups excluding carboxylic acids is 1. The van der Waals surface area contributed by atoms with E-state index in [1.807, 2.05) is 0 Å². The molecular formula is C13H26N2O4. The lowest BCUT2D eigenvalue weighted by Gasteiger charge is -2.17. The summed E-state index contributed by atoms with van der Waals surface area (Å²) < 4.78 is 5.03. The molecule has 2 unspecified atom stereocenters. The smallest absolute Gasteiger partial charge is 0.315 e. The lowest BCUT2D eigenvalue weighted by Crippen LogP contribution is -2.44. The first-order chi connectivity index (χ1) is 9.01. The Morgan fingerprint density at radius 1 is 1.32 bits per heavy atom. The van der Waals surface area contributed by atoms with Gasteiger partial charge in [0.1, 0.15) is 0 Å². The summed E-state index contributed by atoms with van der Waals surface area (Å²) in [4.78, 5) is 22.2. The second kappa shape index (κ2) is 10.6. The molecule has 0 aromatic rings. The third-order valence-electron chi connectivity index (χ3n) is 2.86. The van der Waals surface area contributed by atoms with Gasteiger partial charge in [-0.1, -0.05) is 20.3 Å². The Morgan fingerprint density at radius 2 is 2.00 bits per heavy atom. The molecule has 112 valence electrons. The molecular weight excluding hydrogens is 248 g/mol. The Hall–Kier alpha value is -1.30. The number of hydrogen-bond acceptors (Lipinski definition) is 3. The largest absolute Gasteiger partial charge is 0.481 e. The van der Waals surface area contributed by atoms with Gasteiger partial charge in [-0.15, -0.1) is 0 Å². The maximum atomic E-state index is 11.6. The minimum absolute atomic E-state index is 0.0212. The topological polar surface area (TPSA) is 87.7 Å². The highest BCUT2D eigenvalue weighted by atomic mass is 16.5. The highest BCUT2D eigenvalue weighted by molar-refractivity contribution is 5.74. The van der Waals surface area contributed by atoms with E-state index in [-0.39, 0.29) is 18.0 Å². The van der Waals surface area contributed by atoms with Crippen LogP contribution < -0.4 is 10.6 Å². The summed E-state index contributed by atoms with van der Waals surface area (Å²) in [5.41, 5.74) is 0. The van der Waals surface area contributed by atoms with E-state index in [9.17, 15) is 9.59 Å². The van der Waals surface area contributed by atoms with Crippen molar-refractivity contribution < 1.29 is 19.4 Å². The second-order valence-corrected chi connectivity index (χ2v) is 4.72. The summed E-state index contributed by atoms with van der Waals surface area (Å²) in [6, 6.07) is -0.202. The van der Waals surface area contributed by atoms with Crippen LogP contribution in [0.1, 0.15) is 39.5 Å². The van der Waals surface area contributed by atoms with Crippen molar-refractivity contribution in [2.45, 2.75) is 45.6 Å². The normalized spacial score (nSPS) is 13.6. The van der Waals surface area contributed by atoms with Gasteiger partial charge in [0.25, 0.3) is 0 Å². The molecule has 0 radical (unpaired) electrons. The van der Waals surface area contributed by atoms with Gasteiger partial charge in [0.05, 0.1) is 18.6 Å². The van der Waals surface area contributed by atoms with Crippen LogP contribution in [0.3, 0.4) is 0 Å². The average Bonchev–Trinajstić information content (AvgIpc) is 2.34. The van der Waals surface area contributed by atoms with E-state index in [0.29, 0.717) is 26.0 Å². The molecule has 3 N–H and O–H groups in total. The fraction of sp³-hybridized carbons (Fsp3) is 0.846. The molecule has 0 aliphatic heterocycles. The number of carboxylic acids is 1. The molecule has 0 saturated heterocycles. The van der Waals surface area contributed by atoms with Crippen molar-refractivity contribution in [2.24, 2.45) is 5.92 Å². The Morgan fingerprint density at radius 3 is 2.53 bits per heavy atom. The third kappa shape index (κ3) is 9.30. The molecule has 0 saturated carbocycles. The summed E-state index contributed by atoms with van der Waals surface area (Å²) in [6.07, 6.45) is 3.07. The quantitative estimate of drug-likeness (QED) is 0.528. The van der Waals surface area contributed by atoms with Gasteiger partial charge in [-0.2, -0.15) is 0 Å². The average molecular weight is 274 g/mol. The maximum Gasteiger partial charge on any atom is 0.315 e. The molecule has 6 nitrogen and oxygen atoms in total. The van der Waals surface area contributed by atoms with Crippen LogP contribution in [-0.2, 0) is 9.53 Å². The molecule has 0 aromatic heterocycles. The molecule has 6 heteroatoms. The monoisotopic (exact) mass is 274 g/mol. The van der Waals surface area contributed by atoms with E-state index in [1.165, 1.54) is 0 Å². The van der Waals surface area contributed by atoms with Crippen LogP contribution in [0.4, 0.5) is 4.79 Å². The minimum Gasteiger partial charge on any atom is -0.481 e. The van der Waals surface area contributed by atoms with Gasteiger partial charge in [0.2, 0.25) is 0 Å². The zero-order valence-corrected chi connectivity index (χ0v) is 12.1. The van der Waals surface area contributed by atoms with Gasteiger partial charge >= 0.3 is 12.0 Å². The van der Waals surface area contributed by atoms with Gasteiger partial charge in [0.15, 0.2) is 0 Å². The summed E-state index contributed by atoms with van der Waals surface area (Å²) in [6.45, 7) is 4.69. The van der Waals surface area contributed by atoms with Gasteiger partial charge in [-0.25, -0.2) is 4.79 Å². The fourth-order valence-corrected chi connectivity index (χ4v) is 1.72. The van der Waals surface area contributed by atoms with E-state index in [0.717, 1.165) is 12.8 Å². The molecule has 0 aliphatic rings. The molecule has 0 fully saturated rings. The van der Waals surface area contributed by atoms with Crippen LogP contribution in [0.2, 0.25) is 0 Å². The van der Waals surface area contributed by atoms with Crippen LogP contribution >= 0.6 is 0 Å². The van der Waals surface area contributed by atoms with Crippen LogP contribution in [0.25, 0.3) is 0 Å². The predicted octanol–water partition coefficient (Wildman–Crippen LogP) is 1.60. The van der Waals surface area contributed by atoms with E-state index < -0.39 is 5.97 Å². The first kappa shape index (κ1) is 17.7. The lowest BCUT2D eigenvalue weighted by molar-refractivity contribution is -0.141. The van der Waals surface area contributed by atoms with Crippen LogP contribution in [0.5, 0.6) is 0 Å². The zero-order chi connectivity index (χ0) is 14.7. The fourth-order valence-electron chi connectivity index (χ4n) is 1.72. The first-order valence-electron chi connectivity index (χ1n) is 6.77. The Labute approximate surface area is 114 Å². The minimum atomic E-state index is -0.799. The van der Waals surface area contributed by atoms with Crippen molar-refractivity contribution in [3.05, 3.63) is 0 Å². The number of methoxy groups -OCH3 is 1. The molecule has 0 heterocycles. The SMILES string of the molecule is CCCC(COC)NC(=O)NCCCC(C)C(=O)O.